The van der Waals surface area contributed by atoms with Gasteiger partial charge in [-0.3, -0.25) is 14.9 Å². The molecule has 1 atom stereocenters. The van der Waals surface area contributed by atoms with E-state index in [1.807, 2.05) is 18.3 Å². The predicted octanol–water partition coefficient (Wildman–Crippen LogP) is 2.06. The number of carbonyl (C=O) groups is 2. The molecular weight excluding hydrogens is 329 g/mol. The molecule has 0 saturated carbocycles. The Labute approximate surface area is 135 Å². The molecule has 0 bridgehead atoms. The quantitative estimate of drug-likeness (QED) is 0.495. The fraction of sp³-hybridized carbons (Fsp3) is 0.429. The third kappa shape index (κ3) is 4.00. The predicted molar refractivity (Wildman–Crippen MR) is 76.6 cm³/mol. The highest BCUT2D eigenvalue weighted by Gasteiger charge is 2.38. The number of carbonyl (C=O) groups excluding carboxylic acids is 2. The zero-order valence-corrected chi connectivity index (χ0v) is 12.9. The van der Waals surface area contributed by atoms with Crippen molar-refractivity contribution in [2.45, 2.75) is 25.9 Å². The summed E-state index contributed by atoms with van der Waals surface area (Å²) in [6.45, 7) is 1.95. The molecule has 0 radical (unpaired) electrons. The van der Waals surface area contributed by atoms with Crippen molar-refractivity contribution in [1.82, 2.24) is 15.5 Å². The highest BCUT2D eigenvalue weighted by atomic mass is 19.4. The lowest BCUT2D eigenvalue weighted by Gasteiger charge is -2.08. The maximum Gasteiger partial charge on any atom is 0.470 e. The van der Waals surface area contributed by atoms with Gasteiger partial charge in [0.25, 0.3) is 11.8 Å². The summed E-state index contributed by atoms with van der Waals surface area (Å²) in [5.41, 5.74) is 0.550. The van der Waals surface area contributed by atoms with E-state index in [1.165, 1.54) is 13.1 Å². The second kappa shape index (κ2) is 6.85. The second-order valence-corrected chi connectivity index (χ2v) is 5.18. The molecule has 0 aromatic carbocycles. The van der Waals surface area contributed by atoms with Crippen LogP contribution >= 0.6 is 0 Å². The van der Waals surface area contributed by atoms with Gasteiger partial charge in [0, 0.05) is 7.05 Å². The Morgan fingerprint density at radius 3 is 2.54 bits per heavy atom. The maximum absolute atomic E-state index is 12.4. The van der Waals surface area contributed by atoms with Crippen molar-refractivity contribution in [2.24, 2.45) is 5.92 Å². The molecule has 0 spiro atoms. The second-order valence-electron chi connectivity index (χ2n) is 5.18. The molecule has 0 aliphatic heterocycles. The highest BCUT2D eigenvalue weighted by molar-refractivity contribution is 6.22. The first-order valence-electron chi connectivity index (χ1n) is 7.08. The molecule has 0 fully saturated rings. The van der Waals surface area contributed by atoms with Gasteiger partial charge in [0.05, 0.1) is 0 Å². The van der Waals surface area contributed by atoms with E-state index in [0.717, 1.165) is 18.4 Å². The molecule has 1 aliphatic rings. The summed E-state index contributed by atoms with van der Waals surface area (Å²) in [7, 11) is 1.34. The van der Waals surface area contributed by atoms with E-state index in [-0.39, 0.29) is 11.5 Å². The molecule has 0 saturated heterocycles. The molecule has 7 nitrogen and oxygen atoms in total. The van der Waals surface area contributed by atoms with Crippen LogP contribution in [0.5, 0.6) is 0 Å². The first-order chi connectivity index (χ1) is 11.2. The number of aromatic nitrogens is 2. The molecule has 0 unspecified atom stereocenters. The van der Waals surface area contributed by atoms with Crippen LogP contribution in [-0.2, 0) is 15.8 Å². The van der Waals surface area contributed by atoms with Gasteiger partial charge < -0.3 is 9.73 Å². The van der Waals surface area contributed by atoms with Crippen molar-refractivity contribution in [3.8, 4) is 0 Å². The molecule has 10 heteroatoms. The third-order valence-electron chi connectivity index (χ3n) is 3.46. The average Bonchev–Trinajstić information content (AvgIpc) is 3.12. The van der Waals surface area contributed by atoms with Gasteiger partial charge in [-0.15, -0.1) is 5.10 Å². The summed E-state index contributed by atoms with van der Waals surface area (Å²) in [6, 6.07) is -0.740. The number of amides is 2. The van der Waals surface area contributed by atoms with Crippen molar-refractivity contribution < 1.29 is 27.2 Å². The van der Waals surface area contributed by atoms with Crippen LogP contribution in [-0.4, -0.2) is 29.1 Å². The molecule has 1 aromatic rings. The minimum atomic E-state index is -4.82. The Hall–Kier alpha value is -2.65. The Bertz CT molecular complexity index is 706. The summed E-state index contributed by atoms with van der Waals surface area (Å²) in [5.74, 6) is -3.03. The lowest BCUT2D eigenvalue weighted by molar-refractivity contribution is -0.157. The highest BCUT2D eigenvalue weighted by Crippen LogP contribution is 2.29. The fourth-order valence-electron chi connectivity index (χ4n) is 2.16. The van der Waals surface area contributed by atoms with Crippen molar-refractivity contribution >= 4 is 17.8 Å². The van der Waals surface area contributed by atoms with Crippen LogP contribution in [0.2, 0.25) is 0 Å². The van der Waals surface area contributed by atoms with E-state index < -0.39 is 29.9 Å². The number of rotatable bonds is 4. The van der Waals surface area contributed by atoms with E-state index in [1.54, 1.807) is 0 Å². The lowest BCUT2D eigenvalue weighted by Crippen LogP contribution is -2.29. The number of alkyl halides is 3. The smallest absolute Gasteiger partial charge is 0.399 e. The molecule has 1 aliphatic carbocycles. The molecule has 1 aromatic heterocycles. The van der Waals surface area contributed by atoms with Crippen LogP contribution in [0.25, 0.3) is 0 Å². The van der Waals surface area contributed by atoms with Crippen molar-refractivity contribution in [3.05, 3.63) is 29.2 Å². The molecule has 2 N–H and O–H groups in total. The van der Waals surface area contributed by atoms with Crippen LogP contribution in [0, 0.1) is 5.92 Å². The van der Waals surface area contributed by atoms with Gasteiger partial charge in [-0.1, -0.05) is 18.1 Å². The largest absolute Gasteiger partial charge is 0.470 e. The number of anilines is 1. The Kier molecular flexibility index (Phi) is 5.05. The van der Waals surface area contributed by atoms with Crippen LogP contribution in [0.3, 0.4) is 0 Å². The molecule has 1 heterocycles. The summed E-state index contributed by atoms with van der Waals surface area (Å²) in [5, 5.41) is 10.2. The first kappa shape index (κ1) is 17.7. The summed E-state index contributed by atoms with van der Waals surface area (Å²) in [4.78, 5) is 24.1. The molecule has 130 valence electrons. The van der Waals surface area contributed by atoms with Gasteiger partial charge in [-0.25, -0.2) is 0 Å². The van der Waals surface area contributed by atoms with Crippen LogP contribution in [0.15, 0.2) is 27.7 Å². The first-order valence-corrected chi connectivity index (χ1v) is 7.08. The lowest BCUT2D eigenvalue weighted by atomic mass is 10.0. The fourth-order valence-corrected chi connectivity index (χ4v) is 2.16. The van der Waals surface area contributed by atoms with Gasteiger partial charge in [-0.2, -0.15) is 13.2 Å². The van der Waals surface area contributed by atoms with Gasteiger partial charge >= 0.3 is 18.1 Å². The minimum absolute atomic E-state index is 0.178. The standard InChI is InChI=1S/C14H15F3N4O3/c1-7-4-3-5-8(7)6-9(10(22)18-2)11(23)19-13-21-20-12(24-13)14(15,16)17/h5-7H,3-4H2,1-2H3,(H,18,22)(H,19,21,23)/b9-6+/t7-/m0/s1. The maximum atomic E-state index is 12.4. The Balaban J connectivity index is 2.21. The molecule has 2 amide bonds. The molecular formula is C14H15F3N4O3. The van der Waals surface area contributed by atoms with Crippen LogP contribution < -0.4 is 10.6 Å². The molecule has 2 rings (SSSR count). The number of hydrogen-bond donors (Lipinski definition) is 2. The van der Waals surface area contributed by atoms with Gasteiger partial charge in [0.15, 0.2) is 0 Å². The average molecular weight is 344 g/mol. The normalized spacial score (nSPS) is 18.3. The van der Waals surface area contributed by atoms with Crippen LogP contribution in [0.1, 0.15) is 25.7 Å². The number of likely N-dealkylation sites (N-methyl/N-ethyl adjacent to an activating group) is 1. The topological polar surface area (TPSA) is 97.1 Å². The Morgan fingerprint density at radius 2 is 2.04 bits per heavy atom. The monoisotopic (exact) mass is 344 g/mol. The third-order valence-corrected chi connectivity index (χ3v) is 3.46. The van der Waals surface area contributed by atoms with E-state index in [0.29, 0.717) is 0 Å². The van der Waals surface area contributed by atoms with E-state index in [4.69, 9.17) is 0 Å². The van der Waals surface area contributed by atoms with Gasteiger partial charge in [0.2, 0.25) is 0 Å². The van der Waals surface area contributed by atoms with E-state index >= 15 is 0 Å². The number of allylic oxidation sites excluding steroid dienone is 3. The number of halogens is 3. The summed E-state index contributed by atoms with van der Waals surface area (Å²) in [6.07, 6.45) is 0.211. The van der Waals surface area contributed by atoms with E-state index in [9.17, 15) is 22.8 Å². The minimum Gasteiger partial charge on any atom is -0.399 e. The zero-order chi connectivity index (χ0) is 17.9. The Morgan fingerprint density at radius 1 is 1.33 bits per heavy atom. The number of nitrogens with zero attached hydrogens (tertiary/aromatic N) is 2. The van der Waals surface area contributed by atoms with E-state index in [2.05, 4.69) is 19.9 Å². The number of hydrogen-bond acceptors (Lipinski definition) is 5. The van der Waals surface area contributed by atoms with Crippen molar-refractivity contribution in [2.75, 3.05) is 12.4 Å². The summed E-state index contributed by atoms with van der Waals surface area (Å²) >= 11 is 0. The van der Waals surface area contributed by atoms with Crippen LogP contribution in [0.4, 0.5) is 19.2 Å². The zero-order valence-electron chi connectivity index (χ0n) is 12.9. The SMILES string of the molecule is CNC(=O)/C(=C\C1=CCC[C@@H]1C)C(=O)Nc1nnc(C(F)(F)F)o1. The van der Waals surface area contributed by atoms with Gasteiger partial charge in [0.1, 0.15) is 5.57 Å². The van der Waals surface area contributed by atoms with Gasteiger partial charge in [-0.05, 0) is 30.4 Å². The van der Waals surface area contributed by atoms with Crippen molar-refractivity contribution in [3.63, 3.8) is 0 Å². The number of nitrogens with one attached hydrogen (secondary N) is 2. The summed E-state index contributed by atoms with van der Waals surface area (Å²) < 4.78 is 41.5. The molecule has 24 heavy (non-hydrogen) atoms. The van der Waals surface area contributed by atoms with Crippen molar-refractivity contribution in [1.29, 1.82) is 0 Å².